The second-order valence-electron chi connectivity index (χ2n) is 8.55. The normalized spacial score (nSPS) is 18.7. The zero-order valence-corrected chi connectivity index (χ0v) is 18.0. The van der Waals surface area contributed by atoms with Crippen molar-refractivity contribution in [1.29, 1.82) is 0 Å². The standard InChI is InChI=1S/C17H17O4Si.C4H12N/c1-13(2)11-12-22(18-14-7-3-4-8-15(14)19-22)20-16-9-5-6-10-17(16)21-22;1-5(2,3)4/h3-11H,12H2,1-2H3;1-4H3/q-1;+1. The van der Waals surface area contributed by atoms with Gasteiger partial charge in [0, 0.05) is 0 Å². The summed E-state index contributed by atoms with van der Waals surface area (Å²) in [5.41, 5.74) is 1.16. The number of hydrogen-bond acceptors (Lipinski definition) is 4. The summed E-state index contributed by atoms with van der Waals surface area (Å²) in [6, 6.07) is 15.6. The molecule has 0 amide bonds. The first-order chi connectivity index (χ1) is 12.6. The van der Waals surface area contributed by atoms with Gasteiger partial charge in [-0.05, 0) is 0 Å². The van der Waals surface area contributed by atoms with Crippen LogP contribution >= 0.6 is 0 Å². The van der Waals surface area contributed by atoms with E-state index in [0.717, 1.165) is 10.1 Å². The van der Waals surface area contributed by atoms with Crippen molar-refractivity contribution in [2.24, 2.45) is 0 Å². The van der Waals surface area contributed by atoms with Crippen LogP contribution in [0.1, 0.15) is 13.8 Å². The topological polar surface area (TPSA) is 36.9 Å². The minimum atomic E-state index is -4.06. The molecule has 4 rings (SSSR count). The van der Waals surface area contributed by atoms with E-state index in [1.807, 2.05) is 68.5 Å². The Hall–Kier alpha value is -2.44. The Labute approximate surface area is 162 Å². The SMILES string of the molecule is CC(C)=CC[Si-]12(Oc3ccccc3O1)Oc1ccccc1O2.C[N+](C)(C)C. The van der Waals surface area contributed by atoms with Gasteiger partial charge in [-0.15, -0.1) is 0 Å². The van der Waals surface area contributed by atoms with Crippen LogP contribution in [0.15, 0.2) is 60.2 Å². The molecule has 0 saturated heterocycles. The average Bonchev–Trinajstić information content (AvgIpc) is 3.06. The van der Waals surface area contributed by atoms with Gasteiger partial charge in [0.15, 0.2) is 0 Å². The Balaban J connectivity index is 0.000000376. The average molecular weight is 388 g/mol. The van der Waals surface area contributed by atoms with Crippen molar-refractivity contribution in [1.82, 2.24) is 0 Å². The fraction of sp³-hybridized carbons (Fsp3) is 0.333. The third-order valence-electron chi connectivity index (χ3n) is 3.77. The quantitative estimate of drug-likeness (QED) is 0.428. The van der Waals surface area contributed by atoms with Crippen LogP contribution in [0.25, 0.3) is 0 Å². The van der Waals surface area contributed by atoms with Crippen molar-refractivity contribution in [3.05, 3.63) is 60.2 Å². The first kappa shape index (κ1) is 19.3. The Morgan fingerprint density at radius 1 is 0.741 bits per heavy atom. The van der Waals surface area contributed by atoms with Crippen LogP contribution < -0.4 is 17.7 Å². The van der Waals surface area contributed by atoms with Crippen molar-refractivity contribution < 1.29 is 22.2 Å². The number of para-hydroxylation sites is 4. The fourth-order valence-electron chi connectivity index (χ4n) is 2.75. The van der Waals surface area contributed by atoms with E-state index in [2.05, 4.69) is 28.2 Å². The molecule has 0 saturated carbocycles. The van der Waals surface area contributed by atoms with Crippen LogP contribution in [0, 0.1) is 0 Å². The Morgan fingerprint density at radius 3 is 1.30 bits per heavy atom. The van der Waals surface area contributed by atoms with Gasteiger partial charge in [-0.1, -0.05) is 0 Å². The van der Waals surface area contributed by atoms with E-state index in [-0.39, 0.29) is 0 Å². The molecule has 27 heavy (non-hydrogen) atoms. The van der Waals surface area contributed by atoms with Gasteiger partial charge < -0.3 is 4.48 Å². The van der Waals surface area contributed by atoms with Gasteiger partial charge in [0.25, 0.3) is 0 Å². The first-order valence-corrected chi connectivity index (χ1v) is 11.5. The number of rotatable bonds is 2. The first-order valence-electron chi connectivity index (χ1n) is 9.13. The summed E-state index contributed by atoms with van der Waals surface area (Å²) in [5.74, 6) is 2.69. The van der Waals surface area contributed by atoms with Gasteiger partial charge in [0.1, 0.15) is 0 Å². The Bertz CT molecular complexity index is 749. The molecule has 1 spiro atoms. The number of hydrogen-bond donors (Lipinski definition) is 0. The molecule has 5 nitrogen and oxygen atoms in total. The molecule has 2 aromatic carbocycles. The van der Waals surface area contributed by atoms with Crippen LogP contribution in [-0.4, -0.2) is 41.0 Å². The summed E-state index contributed by atoms with van der Waals surface area (Å²) in [4.78, 5) is 0. The zero-order valence-electron chi connectivity index (χ0n) is 17.0. The number of quaternary nitrogens is 1. The van der Waals surface area contributed by atoms with E-state index in [0.29, 0.717) is 29.0 Å². The summed E-state index contributed by atoms with van der Waals surface area (Å²) >= 11 is 0. The molecular weight excluding hydrogens is 358 g/mol. The van der Waals surface area contributed by atoms with Gasteiger partial charge in [-0.25, -0.2) is 0 Å². The van der Waals surface area contributed by atoms with Crippen LogP contribution in [0.5, 0.6) is 23.0 Å². The third kappa shape index (κ3) is 4.28. The van der Waals surface area contributed by atoms with Gasteiger partial charge in [0.05, 0.1) is 28.2 Å². The fourth-order valence-corrected chi connectivity index (χ4v) is 6.45. The van der Waals surface area contributed by atoms with E-state index < -0.39 is 8.33 Å². The smallest absolute Gasteiger partial charge is 0.0675 e. The van der Waals surface area contributed by atoms with Gasteiger partial charge in [-0.3, -0.25) is 0 Å². The summed E-state index contributed by atoms with van der Waals surface area (Å²) in [7, 11) is 4.44. The van der Waals surface area contributed by atoms with E-state index in [9.17, 15) is 0 Å². The molecule has 0 aliphatic carbocycles. The largest absolute Gasteiger partial charge is 0.333 e. The molecule has 2 aromatic rings. The predicted molar refractivity (Wildman–Crippen MR) is 109 cm³/mol. The second-order valence-corrected chi connectivity index (χ2v) is 11.9. The monoisotopic (exact) mass is 387 g/mol. The van der Waals surface area contributed by atoms with E-state index >= 15 is 0 Å². The van der Waals surface area contributed by atoms with E-state index in [1.54, 1.807) is 0 Å². The zero-order chi connectivity index (χ0) is 19.7. The summed E-state index contributed by atoms with van der Waals surface area (Å²) in [6.45, 7) is 4.07. The molecule has 2 aliphatic rings. The van der Waals surface area contributed by atoms with E-state index in [1.165, 1.54) is 0 Å². The summed E-state index contributed by atoms with van der Waals surface area (Å²) in [5, 5.41) is 0. The number of fused-ring (bicyclic) bond motifs is 2. The van der Waals surface area contributed by atoms with Crippen molar-refractivity contribution in [3.8, 4) is 23.0 Å². The van der Waals surface area contributed by atoms with Crippen LogP contribution in [0.3, 0.4) is 0 Å². The second kappa shape index (κ2) is 6.62. The minimum Gasteiger partial charge on any atom is -0.333 e. The molecule has 2 heterocycles. The maximum absolute atomic E-state index is 6.22. The Kier molecular flexibility index (Phi) is 4.74. The molecule has 0 unspecified atom stereocenters. The molecule has 0 fully saturated rings. The molecule has 0 atom stereocenters. The van der Waals surface area contributed by atoms with Crippen LogP contribution in [0.2, 0.25) is 6.04 Å². The van der Waals surface area contributed by atoms with Crippen molar-refractivity contribution >= 4 is 8.33 Å². The molecular formula is C21H29NO4Si. The maximum Gasteiger partial charge on any atom is 0.0675 e. The maximum atomic E-state index is 6.22. The molecule has 0 bridgehead atoms. The molecule has 6 heteroatoms. The predicted octanol–water partition coefficient (Wildman–Crippen LogP) is 4.61. The number of allylic oxidation sites excluding steroid dienone is 2. The van der Waals surface area contributed by atoms with Crippen molar-refractivity contribution in [2.45, 2.75) is 19.9 Å². The van der Waals surface area contributed by atoms with E-state index in [4.69, 9.17) is 17.7 Å². The summed E-state index contributed by atoms with van der Waals surface area (Å²) < 4.78 is 25.9. The van der Waals surface area contributed by atoms with Gasteiger partial charge in [0.2, 0.25) is 0 Å². The number of benzene rings is 2. The number of nitrogens with zero attached hydrogens (tertiary/aromatic N) is 1. The van der Waals surface area contributed by atoms with Crippen molar-refractivity contribution in [2.75, 3.05) is 28.2 Å². The van der Waals surface area contributed by atoms with Crippen LogP contribution in [-0.2, 0) is 0 Å². The van der Waals surface area contributed by atoms with Crippen LogP contribution in [0.4, 0.5) is 0 Å². The molecule has 146 valence electrons. The van der Waals surface area contributed by atoms with Gasteiger partial charge in [-0.2, -0.15) is 0 Å². The van der Waals surface area contributed by atoms with Crippen molar-refractivity contribution in [3.63, 3.8) is 0 Å². The van der Waals surface area contributed by atoms with Gasteiger partial charge >= 0.3 is 129 Å². The molecule has 2 aliphatic heterocycles. The minimum absolute atomic E-state index is 0.464. The molecule has 0 aromatic heterocycles. The summed E-state index contributed by atoms with van der Waals surface area (Å²) in [6.07, 6.45) is 2.05. The Morgan fingerprint density at radius 2 is 1.04 bits per heavy atom. The molecule has 0 N–H and O–H groups in total. The molecule has 0 radical (unpaired) electrons. The third-order valence-corrected chi connectivity index (χ3v) is 7.10.